The van der Waals surface area contributed by atoms with Gasteiger partial charge in [-0.3, -0.25) is 19.5 Å². The van der Waals surface area contributed by atoms with E-state index in [-0.39, 0.29) is 42.3 Å². The molecule has 0 radical (unpaired) electrons. The van der Waals surface area contributed by atoms with Crippen LogP contribution >= 0.6 is 0 Å². The number of aryl methyl sites for hydroxylation is 1. The number of fused-ring (bicyclic) bond motifs is 2. The molecule has 0 spiro atoms. The summed E-state index contributed by atoms with van der Waals surface area (Å²) in [6, 6.07) is 0.161. The van der Waals surface area contributed by atoms with Gasteiger partial charge in [-0.1, -0.05) is 6.92 Å². The number of aromatic amines is 1. The Morgan fingerprint density at radius 2 is 2.03 bits per heavy atom. The summed E-state index contributed by atoms with van der Waals surface area (Å²) in [6.45, 7) is 2.59. The number of aromatic nitrogens is 2. The summed E-state index contributed by atoms with van der Waals surface area (Å²) in [7, 11) is 0. The summed E-state index contributed by atoms with van der Waals surface area (Å²) in [4.78, 5) is 42.4. The maximum absolute atomic E-state index is 13.2. The molecule has 1 aromatic rings. The Kier molecular flexibility index (Phi) is 4.59. The number of hydrogen-bond donors (Lipinski definition) is 2. The number of amides is 3. The maximum Gasteiger partial charge on any atom is 0.275 e. The van der Waals surface area contributed by atoms with Crippen molar-refractivity contribution in [1.82, 2.24) is 25.3 Å². The molecule has 3 amide bonds. The standard InChI is InChI=1S/C21H29N5O3/c1-2-17-15(20(28)22-12-7-8-12)9-13-10-25(11-18(27)26(13)17)21(29)19-14-5-3-4-6-16(14)23-24-19/h12-13,15,17H,2-11H2,1H3,(H,22,28)(H,23,24)/t13-,15-,17-/m0/s1. The Hall–Kier alpha value is -2.38. The highest BCUT2D eigenvalue weighted by Gasteiger charge is 2.50. The summed E-state index contributed by atoms with van der Waals surface area (Å²) in [6.07, 6.45) is 7.47. The topological polar surface area (TPSA) is 98.4 Å². The minimum absolute atomic E-state index is 0.0485. The summed E-state index contributed by atoms with van der Waals surface area (Å²) < 4.78 is 0. The van der Waals surface area contributed by atoms with E-state index in [0.29, 0.717) is 24.7 Å². The van der Waals surface area contributed by atoms with E-state index in [0.717, 1.165) is 56.2 Å². The lowest BCUT2D eigenvalue weighted by Gasteiger charge is -2.39. The van der Waals surface area contributed by atoms with Crippen molar-refractivity contribution in [2.24, 2.45) is 5.92 Å². The first-order chi connectivity index (χ1) is 14.1. The quantitative estimate of drug-likeness (QED) is 0.790. The van der Waals surface area contributed by atoms with Gasteiger partial charge in [0.05, 0.1) is 12.0 Å². The third-order valence-electron chi connectivity index (χ3n) is 7.01. The summed E-state index contributed by atoms with van der Waals surface area (Å²) in [5, 5.41) is 10.4. The maximum atomic E-state index is 13.2. The molecule has 8 heteroatoms. The predicted molar refractivity (Wildman–Crippen MR) is 105 cm³/mol. The van der Waals surface area contributed by atoms with Crippen molar-refractivity contribution >= 4 is 17.7 Å². The Balaban J connectivity index is 1.33. The fraction of sp³-hybridized carbons (Fsp3) is 0.714. The average molecular weight is 399 g/mol. The van der Waals surface area contributed by atoms with Gasteiger partial charge in [0.1, 0.15) is 6.54 Å². The van der Waals surface area contributed by atoms with Gasteiger partial charge < -0.3 is 15.1 Å². The third kappa shape index (κ3) is 3.22. The molecule has 2 saturated heterocycles. The Morgan fingerprint density at radius 3 is 2.79 bits per heavy atom. The molecule has 29 heavy (non-hydrogen) atoms. The highest BCUT2D eigenvalue weighted by atomic mass is 16.2. The van der Waals surface area contributed by atoms with Crippen molar-refractivity contribution in [1.29, 1.82) is 0 Å². The molecule has 4 aliphatic rings. The van der Waals surface area contributed by atoms with Crippen LogP contribution in [-0.4, -0.2) is 68.9 Å². The SMILES string of the molecule is CC[C@H]1[C@@H](C(=O)NC2CC2)C[C@H]2CN(C(=O)c3n[nH]c4c3CCCC4)CC(=O)N21. The molecule has 2 aliphatic carbocycles. The number of carbonyl (C=O) groups is 3. The molecular weight excluding hydrogens is 370 g/mol. The van der Waals surface area contributed by atoms with Crippen molar-refractivity contribution < 1.29 is 14.4 Å². The Bertz CT molecular complexity index is 845. The highest BCUT2D eigenvalue weighted by Crippen LogP contribution is 2.36. The van der Waals surface area contributed by atoms with E-state index in [1.54, 1.807) is 4.90 Å². The average Bonchev–Trinajstić information content (AvgIpc) is 3.29. The van der Waals surface area contributed by atoms with Crippen LogP contribution in [-0.2, 0) is 22.4 Å². The first-order valence-corrected chi connectivity index (χ1v) is 11.0. The number of nitrogens with one attached hydrogen (secondary N) is 2. The number of carbonyl (C=O) groups excluding carboxylic acids is 3. The molecule has 2 N–H and O–H groups in total. The molecule has 1 saturated carbocycles. The molecular formula is C21H29N5O3. The van der Waals surface area contributed by atoms with Crippen LogP contribution in [0.15, 0.2) is 0 Å². The molecule has 3 fully saturated rings. The second kappa shape index (κ2) is 7.15. The van der Waals surface area contributed by atoms with E-state index >= 15 is 0 Å². The molecule has 3 atom stereocenters. The number of rotatable bonds is 4. The molecule has 0 aromatic carbocycles. The normalized spacial score (nSPS) is 28.9. The van der Waals surface area contributed by atoms with Gasteiger partial charge in [0.25, 0.3) is 5.91 Å². The van der Waals surface area contributed by atoms with Gasteiger partial charge in [0, 0.05) is 29.9 Å². The molecule has 1 aromatic heterocycles. The minimum atomic E-state index is -0.178. The lowest BCUT2D eigenvalue weighted by atomic mass is 9.95. The molecule has 156 valence electrons. The van der Waals surface area contributed by atoms with Gasteiger partial charge in [0.15, 0.2) is 5.69 Å². The molecule has 5 rings (SSSR count). The number of nitrogens with zero attached hydrogens (tertiary/aromatic N) is 3. The lowest BCUT2D eigenvalue weighted by Crippen LogP contribution is -2.57. The van der Waals surface area contributed by atoms with Crippen molar-refractivity contribution in [3.05, 3.63) is 17.0 Å². The highest BCUT2D eigenvalue weighted by molar-refractivity contribution is 5.97. The van der Waals surface area contributed by atoms with Crippen LogP contribution in [0.5, 0.6) is 0 Å². The summed E-state index contributed by atoms with van der Waals surface area (Å²) in [5.74, 6) is -0.313. The van der Waals surface area contributed by atoms with E-state index in [1.165, 1.54) is 0 Å². The van der Waals surface area contributed by atoms with Gasteiger partial charge in [-0.25, -0.2) is 0 Å². The van der Waals surface area contributed by atoms with Gasteiger partial charge in [0.2, 0.25) is 11.8 Å². The van der Waals surface area contributed by atoms with E-state index in [4.69, 9.17) is 0 Å². The Labute approximate surface area is 170 Å². The van der Waals surface area contributed by atoms with E-state index < -0.39 is 0 Å². The van der Waals surface area contributed by atoms with E-state index in [1.807, 2.05) is 11.8 Å². The van der Waals surface area contributed by atoms with Crippen molar-refractivity contribution in [2.45, 2.75) is 76.4 Å². The van der Waals surface area contributed by atoms with Crippen LogP contribution in [0.1, 0.15) is 67.2 Å². The van der Waals surface area contributed by atoms with Crippen LogP contribution in [0, 0.1) is 5.92 Å². The van der Waals surface area contributed by atoms with Gasteiger partial charge in [-0.15, -0.1) is 0 Å². The number of piperazine rings is 1. The van der Waals surface area contributed by atoms with Crippen LogP contribution in [0.2, 0.25) is 0 Å². The first-order valence-electron chi connectivity index (χ1n) is 11.0. The second-order valence-electron chi connectivity index (χ2n) is 8.98. The van der Waals surface area contributed by atoms with Crippen LogP contribution < -0.4 is 5.32 Å². The van der Waals surface area contributed by atoms with Gasteiger partial charge >= 0.3 is 0 Å². The monoisotopic (exact) mass is 399 g/mol. The van der Waals surface area contributed by atoms with Crippen LogP contribution in [0.4, 0.5) is 0 Å². The van der Waals surface area contributed by atoms with Gasteiger partial charge in [-0.05, 0) is 51.4 Å². The fourth-order valence-electron chi connectivity index (χ4n) is 5.40. The van der Waals surface area contributed by atoms with Crippen molar-refractivity contribution in [3.63, 3.8) is 0 Å². The fourth-order valence-corrected chi connectivity index (χ4v) is 5.40. The number of H-pyrrole nitrogens is 1. The van der Waals surface area contributed by atoms with Gasteiger partial charge in [-0.2, -0.15) is 5.10 Å². The van der Waals surface area contributed by atoms with Crippen molar-refractivity contribution in [2.75, 3.05) is 13.1 Å². The largest absolute Gasteiger partial charge is 0.353 e. The van der Waals surface area contributed by atoms with E-state index in [9.17, 15) is 14.4 Å². The predicted octanol–water partition coefficient (Wildman–Crippen LogP) is 1.02. The molecule has 0 unspecified atom stereocenters. The number of hydrogen-bond acceptors (Lipinski definition) is 4. The van der Waals surface area contributed by atoms with E-state index in [2.05, 4.69) is 15.5 Å². The first kappa shape index (κ1) is 18.6. The molecule has 3 heterocycles. The second-order valence-corrected chi connectivity index (χ2v) is 8.98. The third-order valence-corrected chi connectivity index (χ3v) is 7.01. The zero-order valence-electron chi connectivity index (χ0n) is 16.9. The Morgan fingerprint density at radius 1 is 1.24 bits per heavy atom. The zero-order chi connectivity index (χ0) is 20.1. The summed E-state index contributed by atoms with van der Waals surface area (Å²) in [5.41, 5.74) is 2.57. The zero-order valence-corrected chi connectivity index (χ0v) is 16.9. The van der Waals surface area contributed by atoms with Crippen LogP contribution in [0.3, 0.4) is 0 Å². The molecule has 2 aliphatic heterocycles. The lowest BCUT2D eigenvalue weighted by molar-refractivity contribution is -0.139. The molecule has 8 nitrogen and oxygen atoms in total. The van der Waals surface area contributed by atoms with Crippen molar-refractivity contribution in [3.8, 4) is 0 Å². The smallest absolute Gasteiger partial charge is 0.275 e. The molecule has 0 bridgehead atoms. The minimum Gasteiger partial charge on any atom is -0.353 e. The van der Waals surface area contributed by atoms with Crippen LogP contribution in [0.25, 0.3) is 0 Å². The summed E-state index contributed by atoms with van der Waals surface area (Å²) >= 11 is 0.